The highest BCUT2D eigenvalue weighted by Gasteiger charge is 2.27. The standard InChI is InChI=1S/C13H20F2N2O/c1-4-5-10(18-3)13(17-16)11-9(14)7-6-8(2)12(11)15/h6-7,10,13,17H,4-5,16H2,1-3H3. The molecule has 0 aliphatic heterocycles. The first-order chi connectivity index (χ1) is 8.56. The number of nitrogens with two attached hydrogens (primary N) is 1. The lowest BCUT2D eigenvalue weighted by Gasteiger charge is -2.26. The van der Waals surface area contributed by atoms with E-state index in [4.69, 9.17) is 10.6 Å². The molecule has 5 heteroatoms. The van der Waals surface area contributed by atoms with Gasteiger partial charge in [-0.05, 0) is 25.0 Å². The van der Waals surface area contributed by atoms with Gasteiger partial charge in [-0.3, -0.25) is 11.3 Å². The molecule has 2 atom stereocenters. The van der Waals surface area contributed by atoms with Crippen LogP contribution in [0.2, 0.25) is 0 Å². The minimum Gasteiger partial charge on any atom is -0.379 e. The van der Waals surface area contributed by atoms with Crippen molar-refractivity contribution in [3.8, 4) is 0 Å². The third kappa shape index (κ3) is 3.04. The maximum Gasteiger partial charge on any atom is 0.133 e. The molecule has 3 N–H and O–H groups in total. The van der Waals surface area contributed by atoms with E-state index < -0.39 is 17.7 Å². The first-order valence-corrected chi connectivity index (χ1v) is 6.00. The zero-order valence-corrected chi connectivity index (χ0v) is 11.0. The van der Waals surface area contributed by atoms with E-state index in [9.17, 15) is 8.78 Å². The van der Waals surface area contributed by atoms with Gasteiger partial charge in [-0.25, -0.2) is 8.78 Å². The molecule has 0 radical (unpaired) electrons. The molecular weight excluding hydrogens is 238 g/mol. The number of hydrazine groups is 1. The van der Waals surface area contributed by atoms with Crippen molar-refractivity contribution in [3.05, 3.63) is 34.9 Å². The number of nitrogens with one attached hydrogen (secondary N) is 1. The number of hydrogen-bond donors (Lipinski definition) is 2. The Bertz CT molecular complexity index is 399. The van der Waals surface area contributed by atoms with Crippen molar-refractivity contribution in [1.82, 2.24) is 5.43 Å². The summed E-state index contributed by atoms with van der Waals surface area (Å²) < 4.78 is 33.1. The van der Waals surface area contributed by atoms with Gasteiger partial charge in [0.1, 0.15) is 11.6 Å². The van der Waals surface area contributed by atoms with Gasteiger partial charge in [0.15, 0.2) is 0 Å². The molecule has 0 spiro atoms. The SMILES string of the molecule is CCCC(OC)C(NN)c1c(F)ccc(C)c1F. The Morgan fingerprint density at radius 2 is 2.06 bits per heavy atom. The average molecular weight is 258 g/mol. The molecule has 2 unspecified atom stereocenters. The molecule has 1 aromatic carbocycles. The third-order valence-corrected chi connectivity index (χ3v) is 3.06. The van der Waals surface area contributed by atoms with Gasteiger partial charge in [0, 0.05) is 12.7 Å². The Kier molecular flexibility index (Phi) is 5.65. The Labute approximate surface area is 106 Å². The van der Waals surface area contributed by atoms with Crippen molar-refractivity contribution in [1.29, 1.82) is 0 Å². The second kappa shape index (κ2) is 6.78. The van der Waals surface area contributed by atoms with Crippen LogP contribution < -0.4 is 11.3 Å². The monoisotopic (exact) mass is 258 g/mol. The van der Waals surface area contributed by atoms with Gasteiger partial charge in [0.2, 0.25) is 0 Å². The Balaban J connectivity index is 3.19. The van der Waals surface area contributed by atoms with Gasteiger partial charge >= 0.3 is 0 Å². The van der Waals surface area contributed by atoms with E-state index in [1.807, 2.05) is 6.92 Å². The highest BCUT2D eigenvalue weighted by molar-refractivity contribution is 5.30. The van der Waals surface area contributed by atoms with Crippen LogP contribution in [0.4, 0.5) is 8.78 Å². The molecule has 0 amide bonds. The summed E-state index contributed by atoms with van der Waals surface area (Å²) >= 11 is 0. The van der Waals surface area contributed by atoms with Crippen molar-refractivity contribution < 1.29 is 13.5 Å². The highest BCUT2D eigenvalue weighted by Crippen LogP contribution is 2.28. The van der Waals surface area contributed by atoms with Crippen LogP contribution in [0.15, 0.2) is 12.1 Å². The summed E-state index contributed by atoms with van der Waals surface area (Å²) in [6.07, 6.45) is 1.13. The van der Waals surface area contributed by atoms with E-state index in [1.165, 1.54) is 19.2 Å². The summed E-state index contributed by atoms with van der Waals surface area (Å²) in [6, 6.07) is 1.95. The number of halogens is 2. The quantitative estimate of drug-likeness (QED) is 0.609. The molecule has 102 valence electrons. The smallest absolute Gasteiger partial charge is 0.133 e. The zero-order chi connectivity index (χ0) is 13.7. The fraction of sp³-hybridized carbons (Fsp3) is 0.538. The number of ether oxygens (including phenoxy) is 1. The summed E-state index contributed by atoms with van der Waals surface area (Å²) in [6.45, 7) is 3.57. The average Bonchev–Trinajstić information content (AvgIpc) is 2.37. The van der Waals surface area contributed by atoms with Crippen LogP contribution >= 0.6 is 0 Å². The number of aryl methyl sites for hydroxylation is 1. The predicted molar refractivity (Wildman–Crippen MR) is 66.9 cm³/mol. The van der Waals surface area contributed by atoms with Gasteiger partial charge < -0.3 is 4.74 Å². The van der Waals surface area contributed by atoms with Crippen LogP contribution in [0, 0.1) is 18.6 Å². The molecule has 0 aliphatic rings. The van der Waals surface area contributed by atoms with Gasteiger partial charge in [0.05, 0.1) is 12.1 Å². The van der Waals surface area contributed by atoms with Crippen LogP contribution in [-0.4, -0.2) is 13.2 Å². The number of hydrogen-bond acceptors (Lipinski definition) is 3. The van der Waals surface area contributed by atoms with Crippen molar-refractivity contribution in [3.63, 3.8) is 0 Å². The highest BCUT2D eigenvalue weighted by atomic mass is 19.1. The second-order valence-corrected chi connectivity index (χ2v) is 4.30. The molecule has 0 bridgehead atoms. The van der Waals surface area contributed by atoms with Crippen molar-refractivity contribution in [2.75, 3.05) is 7.11 Å². The second-order valence-electron chi connectivity index (χ2n) is 4.30. The van der Waals surface area contributed by atoms with Crippen LogP contribution in [0.25, 0.3) is 0 Å². The first kappa shape index (κ1) is 15.0. The summed E-state index contributed by atoms with van der Waals surface area (Å²) in [5, 5.41) is 0. The van der Waals surface area contributed by atoms with Crippen molar-refractivity contribution in [2.45, 2.75) is 38.8 Å². The van der Waals surface area contributed by atoms with E-state index in [0.717, 1.165) is 6.42 Å². The summed E-state index contributed by atoms with van der Waals surface area (Å²) in [5.74, 6) is 4.25. The topological polar surface area (TPSA) is 47.3 Å². The Morgan fingerprint density at radius 3 is 2.56 bits per heavy atom. The number of methoxy groups -OCH3 is 1. The van der Waals surface area contributed by atoms with E-state index in [-0.39, 0.29) is 11.7 Å². The fourth-order valence-corrected chi connectivity index (χ4v) is 2.05. The van der Waals surface area contributed by atoms with Gasteiger partial charge in [-0.2, -0.15) is 0 Å². The normalized spacial score (nSPS) is 14.6. The van der Waals surface area contributed by atoms with E-state index in [1.54, 1.807) is 6.92 Å². The molecule has 1 rings (SSSR count). The lowest BCUT2D eigenvalue weighted by atomic mass is 9.96. The lowest BCUT2D eigenvalue weighted by Crippen LogP contribution is -2.38. The third-order valence-electron chi connectivity index (χ3n) is 3.06. The van der Waals surface area contributed by atoms with Crippen LogP contribution in [0.1, 0.15) is 36.9 Å². The minimum absolute atomic E-state index is 0.0576. The van der Waals surface area contributed by atoms with Crippen LogP contribution in [0.3, 0.4) is 0 Å². The Hall–Kier alpha value is -1.04. The molecule has 18 heavy (non-hydrogen) atoms. The number of rotatable bonds is 6. The van der Waals surface area contributed by atoms with E-state index in [2.05, 4.69) is 5.43 Å². The molecule has 0 fully saturated rings. The molecule has 1 aromatic rings. The van der Waals surface area contributed by atoms with Gasteiger partial charge in [-0.15, -0.1) is 0 Å². The van der Waals surface area contributed by atoms with Crippen LogP contribution in [0.5, 0.6) is 0 Å². The molecule has 0 heterocycles. The molecule has 0 aromatic heterocycles. The molecule has 3 nitrogen and oxygen atoms in total. The van der Waals surface area contributed by atoms with Crippen molar-refractivity contribution >= 4 is 0 Å². The van der Waals surface area contributed by atoms with E-state index in [0.29, 0.717) is 12.0 Å². The van der Waals surface area contributed by atoms with Crippen LogP contribution in [-0.2, 0) is 4.74 Å². The van der Waals surface area contributed by atoms with Gasteiger partial charge in [0.25, 0.3) is 0 Å². The molecule has 0 saturated heterocycles. The Morgan fingerprint density at radius 1 is 1.39 bits per heavy atom. The maximum absolute atomic E-state index is 14.0. The zero-order valence-electron chi connectivity index (χ0n) is 11.0. The summed E-state index contributed by atoms with van der Waals surface area (Å²) in [4.78, 5) is 0. The molecule has 0 aliphatic carbocycles. The predicted octanol–water partition coefficient (Wildman–Crippen LogP) is 2.59. The maximum atomic E-state index is 14.0. The molecule has 0 saturated carbocycles. The van der Waals surface area contributed by atoms with Crippen molar-refractivity contribution in [2.24, 2.45) is 5.84 Å². The lowest BCUT2D eigenvalue weighted by molar-refractivity contribution is 0.0582. The fourth-order valence-electron chi connectivity index (χ4n) is 2.05. The summed E-state index contributed by atoms with van der Waals surface area (Å²) in [7, 11) is 1.51. The summed E-state index contributed by atoms with van der Waals surface area (Å²) in [5.41, 5.74) is 2.79. The van der Waals surface area contributed by atoms with Gasteiger partial charge in [-0.1, -0.05) is 19.4 Å². The largest absolute Gasteiger partial charge is 0.379 e. The number of benzene rings is 1. The van der Waals surface area contributed by atoms with E-state index >= 15 is 0 Å². The minimum atomic E-state index is -0.699. The first-order valence-electron chi connectivity index (χ1n) is 6.00. The molecular formula is C13H20F2N2O.